The monoisotopic (exact) mass is 85.0 g/mol. The normalized spacial score (nSPS) is 8.60. The van der Waals surface area contributed by atoms with Crippen LogP contribution >= 0.6 is 0 Å². The molecule has 0 saturated carbocycles. The summed E-state index contributed by atoms with van der Waals surface area (Å²) in [6, 6.07) is 1.15. The van der Waals surface area contributed by atoms with Crippen molar-refractivity contribution >= 4 is 10.2 Å². The molecule has 0 aromatic rings. The zero-order chi connectivity index (χ0) is 4.12. The quantitative estimate of drug-likeness (QED) is 0.444. The fourth-order valence-corrected chi connectivity index (χ4v) is 0.530. The molecule has 0 aromatic heterocycles. The summed E-state index contributed by atoms with van der Waals surface area (Å²) in [5.74, 6) is 0. The Morgan fingerprint density at radius 1 is 1.60 bits per heavy atom. The third kappa shape index (κ3) is 4.22. The first-order valence-corrected chi connectivity index (χ1v) is 2.77. The molecule has 0 fully saturated rings. The fraction of sp³-hybridized carbons (Fsp3) is 1.00. The molecule has 0 aliphatic carbocycles. The summed E-state index contributed by atoms with van der Waals surface area (Å²) < 4.78 is 0. The molecule has 0 aliphatic rings. The molecule has 26 valence electrons. The maximum atomic E-state index is 3.35. The Morgan fingerprint density at radius 3 is 2.20 bits per heavy atom. The minimum absolute atomic E-state index is 1.15. The van der Waals surface area contributed by atoms with Gasteiger partial charge in [-0.1, -0.05) is 0 Å². The van der Waals surface area contributed by atoms with E-state index in [1.807, 2.05) is 0 Å². The Morgan fingerprint density at radius 2 is 2.20 bits per heavy atom. The van der Waals surface area contributed by atoms with E-state index in [1.165, 1.54) is 12.8 Å². The first-order chi connectivity index (χ1) is 2.41. The van der Waals surface area contributed by atoms with Gasteiger partial charge in [0.1, 0.15) is 0 Å². The van der Waals surface area contributed by atoms with Gasteiger partial charge in [-0.25, -0.2) is 0 Å². The minimum atomic E-state index is 1.15. The van der Waals surface area contributed by atoms with Crippen LogP contribution in [0.25, 0.3) is 0 Å². The van der Waals surface area contributed by atoms with Gasteiger partial charge >= 0.3 is 36.1 Å². The molecular formula is C4H9Si+3. The van der Waals surface area contributed by atoms with Crippen LogP contribution in [0.4, 0.5) is 0 Å². The van der Waals surface area contributed by atoms with Gasteiger partial charge in [-0.3, -0.25) is 0 Å². The molecule has 1 heteroatoms. The van der Waals surface area contributed by atoms with E-state index in [1.54, 1.807) is 0 Å². The summed E-state index contributed by atoms with van der Waals surface area (Å²) in [6.07, 6.45) is 2.60. The zero-order valence-electron chi connectivity index (χ0n) is 3.62. The second kappa shape index (κ2) is 4.22. The predicted molar refractivity (Wildman–Crippen MR) is 25.5 cm³/mol. The van der Waals surface area contributed by atoms with Crippen molar-refractivity contribution in [3.63, 3.8) is 0 Å². The second-order valence-corrected chi connectivity index (χ2v) is 1.60. The van der Waals surface area contributed by atoms with Gasteiger partial charge < -0.3 is 0 Å². The van der Waals surface area contributed by atoms with Gasteiger partial charge in [0, 0.05) is 0 Å². The standard InChI is InChI=1S/C4H9Si/c1-2-3-4-5/h2-4H2,1H3/q+3. The summed E-state index contributed by atoms with van der Waals surface area (Å²) in [4.78, 5) is 0. The Bertz CT molecular complexity index is 11.1. The Kier molecular flexibility index (Phi) is 4.40. The number of rotatable bonds is 2. The molecule has 0 heterocycles. The van der Waals surface area contributed by atoms with Crippen molar-refractivity contribution in [3.05, 3.63) is 0 Å². The molecule has 0 spiro atoms. The molecule has 0 aromatic carbocycles. The van der Waals surface area contributed by atoms with Crippen molar-refractivity contribution < 1.29 is 0 Å². The molecule has 0 saturated heterocycles. The molecule has 0 nitrogen and oxygen atoms in total. The van der Waals surface area contributed by atoms with Crippen LogP contribution in [0.5, 0.6) is 0 Å². The van der Waals surface area contributed by atoms with Crippen LogP contribution < -0.4 is 0 Å². The molecule has 0 amide bonds. The number of unbranched alkanes of at least 4 members (excludes halogenated alkanes) is 1. The average Bonchev–Trinajstić information content (AvgIpc) is 1.41. The zero-order valence-corrected chi connectivity index (χ0v) is 4.62. The molecular weight excluding hydrogens is 76.1 g/mol. The summed E-state index contributed by atoms with van der Waals surface area (Å²) in [5.41, 5.74) is 0. The Hall–Kier alpha value is 0.217. The third-order valence-electron chi connectivity index (χ3n) is 0.530. The van der Waals surface area contributed by atoms with Crippen molar-refractivity contribution in [1.82, 2.24) is 0 Å². The summed E-state index contributed by atoms with van der Waals surface area (Å²) in [5, 5.41) is 0. The van der Waals surface area contributed by atoms with Gasteiger partial charge in [0.05, 0.1) is 0 Å². The molecule has 0 rings (SSSR count). The van der Waals surface area contributed by atoms with Crippen LogP contribution in [0, 0.1) is 0 Å². The van der Waals surface area contributed by atoms with Crippen molar-refractivity contribution in [2.24, 2.45) is 0 Å². The first-order valence-electron chi connectivity index (χ1n) is 2.06. The van der Waals surface area contributed by atoms with Gasteiger partial charge in [-0.15, -0.1) is 0 Å². The van der Waals surface area contributed by atoms with Crippen LogP contribution in [0.3, 0.4) is 0 Å². The Labute approximate surface area is 37.0 Å². The van der Waals surface area contributed by atoms with Gasteiger partial charge in [-0.05, 0) is 0 Å². The van der Waals surface area contributed by atoms with Crippen LogP contribution in [0.15, 0.2) is 0 Å². The summed E-state index contributed by atoms with van der Waals surface area (Å²) in [7, 11) is 3.35. The first kappa shape index (κ1) is 5.22. The van der Waals surface area contributed by atoms with Gasteiger partial charge in [0.25, 0.3) is 0 Å². The van der Waals surface area contributed by atoms with E-state index in [4.69, 9.17) is 0 Å². The van der Waals surface area contributed by atoms with Crippen LogP contribution in [-0.4, -0.2) is 10.2 Å². The van der Waals surface area contributed by atoms with E-state index >= 15 is 0 Å². The average molecular weight is 85.2 g/mol. The van der Waals surface area contributed by atoms with E-state index in [9.17, 15) is 0 Å². The Balaban J connectivity index is 2.19. The van der Waals surface area contributed by atoms with E-state index < -0.39 is 0 Å². The van der Waals surface area contributed by atoms with Crippen molar-refractivity contribution in [3.8, 4) is 0 Å². The molecule has 0 unspecified atom stereocenters. The summed E-state index contributed by atoms with van der Waals surface area (Å²) >= 11 is 0. The van der Waals surface area contributed by atoms with E-state index in [-0.39, 0.29) is 0 Å². The van der Waals surface area contributed by atoms with E-state index in [0.717, 1.165) is 6.04 Å². The molecule has 5 heavy (non-hydrogen) atoms. The molecule has 0 radical (unpaired) electrons. The van der Waals surface area contributed by atoms with Crippen molar-refractivity contribution in [2.75, 3.05) is 0 Å². The predicted octanol–water partition coefficient (Wildman–Crippen LogP) is 1.37. The maximum absolute atomic E-state index is 3.35. The number of hydrogen-bond acceptors (Lipinski definition) is 0. The second-order valence-electron chi connectivity index (χ2n) is 1.10. The molecule has 0 atom stereocenters. The van der Waals surface area contributed by atoms with Crippen LogP contribution in [0.2, 0.25) is 6.04 Å². The van der Waals surface area contributed by atoms with Crippen LogP contribution in [-0.2, 0) is 0 Å². The van der Waals surface area contributed by atoms with Crippen molar-refractivity contribution in [1.29, 1.82) is 0 Å². The number of hydrogen-bond donors (Lipinski definition) is 0. The van der Waals surface area contributed by atoms with E-state index in [2.05, 4.69) is 17.2 Å². The SMILES string of the molecule is CCCC[Si+3]. The van der Waals surface area contributed by atoms with Gasteiger partial charge in [0.2, 0.25) is 0 Å². The topological polar surface area (TPSA) is 0 Å². The van der Waals surface area contributed by atoms with Crippen molar-refractivity contribution in [2.45, 2.75) is 25.8 Å². The molecule has 0 N–H and O–H groups in total. The molecule has 0 bridgehead atoms. The third-order valence-corrected chi connectivity index (χ3v) is 0.884. The summed E-state index contributed by atoms with van der Waals surface area (Å²) in [6.45, 7) is 2.18. The van der Waals surface area contributed by atoms with Gasteiger partial charge in [0.15, 0.2) is 0 Å². The van der Waals surface area contributed by atoms with Crippen LogP contribution in [0.1, 0.15) is 19.8 Å². The van der Waals surface area contributed by atoms with E-state index in [0.29, 0.717) is 0 Å². The van der Waals surface area contributed by atoms with Gasteiger partial charge in [-0.2, -0.15) is 0 Å². The molecule has 0 aliphatic heterocycles. The fourth-order valence-electron chi connectivity index (χ4n) is 0.177.